The molecule has 100 valence electrons. The fourth-order valence-electron chi connectivity index (χ4n) is 2.34. The zero-order valence-corrected chi connectivity index (χ0v) is 11.4. The van der Waals surface area contributed by atoms with Crippen LogP contribution < -0.4 is 5.32 Å². The highest BCUT2D eigenvalue weighted by atomic mass is 16.1. The lowest BCUT2D eigenvalue weighted by Gasteiger charge is -2.04. The van der Waals surface area contributed by atoms with E-state index in [4.69, 9.17) is 0 Å². The number of nitrogens with one attached hydrogen (secondary N) is 1. The van der Waals surface area contributed by atoms with Crippen LogP contribution in [0.25, 0.3) is 10.9 Å². The zero-order valence-electron chi connectivity index (χ0n) is 11.4. The minimum absolute atomic E-state index is 0.104. The molecule has 3 aromatic rings. The van der Waals surface area contributed by atoms with Crippen LogP contribution in [0.4, 0.5) is 5.69 Å². The first-order valence-electron chi connectivity index (χ1n) is 6.43. The third kappa shape index (κ3) is 2.16. The van der Waals surface area contributed by atoms with Crippen molar-refractivity contribution in [2.75, 3.05) is 5.32 Å². The Morgan fingerprint density at radius 3 is 2.85 bits per heavy atom. The maximum Gasteiger partial charge on any atom is 0.257 e. The van der Waals surface area contributed by atoms with Crippen molar-refractivity contribution in [3.8, 4) is 0 Å². The van der Waals surface area contributed by atoms with Crippen molar-refractivity contribution >= 4 is 22.5 Å². The smallest absolute Gasteiger partial charge is 0.257 e. The zero-order chi connectivity index (χ0) is 14.1. The first kappa shape index (κ1) is 12.4. The molecule has 2 aromatic heterocycles. The highest BCUT2D eigenvalue weighted by molar-refractivity contribution is 6.12. The highest BCUT2D eigenvalue weighted by Crippen LogP contribution is 2.21. The SMILES string of the molecule is Cc1cc(NC(=O)c2cn(C)c3ccccc23)ccn1. The maximum atomic E-state index is 12.4. The number of rotatable bonds is 2. The second-order valence-electron chi connectivity index (χ2n) is 4.81. The highest BCUT2D eigenvalue weighted by Gasteiger charge is 2.13. The van der Waals surface area contributed by atoms with Crippen LogP contribution in [0.1, 0.15) is 16.1 Å². The lowest BCUT2D eigenvalue weighted by Crippen LogP contribution is -2.11. The molecule has 2 heterocycles. The fraction of sp³-hybridized carbons (Fsp3) is 0.125. The summed E-state index contributed by atoms with van der Waals surface area (Å²) in [7, 11) is 1.94. The van der Waals surface area contributed by atoms with E-state index in [1.807, 2.05) is 55.1 Å². The molecule has 0 bridgehead atoms. The first-order valence-corrected chi connectivity index (χ1v) is 6.43. The van der Waals surface area contributed by atoms with Gasteiger partial charge in [0.2, 0.25) is 0 Å². The number of hydrogen-bond donors (Lipinski definition) is 1. The van der Waals surface area contributed by atoms with Crippen LogP contribution in [-0.2, 0) is 7.05 Å². The van der Waals surface area contributed by atoms with Gasteiger partial charge in [0.15, 0.2) is 0 Å². The molecule has 3 rings (SSSR count). The van der Waals surface area contributed by atoms with Gasteiger partial charge < -0.3 is 9.88 Å². The molecule has 0 saturated carbocycles. The lowest BCUT2D eigenvalue weighted by atomic mass is 10.1. The maximum absolute atomic E-state index is 12.4. The average Bonchev–Trinajstić information content (AvgIpc) is 2.77. The van der Waals surface area contributed by atoms with Crippen LogP contribution in [0.2, 0.25) is 0 Å². The Morgan fingerprint density at radius 2 is 2.05 bits per heavy atom. The Hall–Kier alpha value is -2.62. The van der Waals surface area contributed by atoms with E-state index in [-0.39, 0.29) is 5.91 Å². The number of aromatic nitrogens is 2. The molecule has 0 spiro atoms. The Labute approximate surface area is 117 Å². The standard InChI is InChI=1S/C16H15N3O/c1-11-9-12(7-8-17-11)18-16(20)14-10-19(2)15-6-4-3-5-13(14)15/h3-10H,1-2H3,(H,17,18,20). The molecule has 0 atom stereocenters. The van der Waals surface area contributed by atoms with Crippen molar-refractivity contribution < 1.29 is 4.79 Å². The minimum Gasteiger partial charge on any atom is -0.350 e. The number of benzene rings is 1. The summed E-state index contributed by atoms with van der Waals surface area (Å²) >= 11 is 0. The number of carbonyl (C=O) groups is 1. The van der Waals surface area contributed by atoms with E-state index < -0.39 is 0 Å². The summed E-state index contributed by atoms with van der Waals surface area (Å²) in [6.07, 6.45) is 3.54. The number of para-hydroxylation sites is 1. The second kappa shape index (κ2) is 4.81. The third-order valence-corrected chi connectivity index (χ3v) is 3.30. The predicted octanol–water partition coefficient (Wildman–Crippen LogP) is 3.13. The lowest BCUT2D eigenvalue weighted by molar-refractivity contribution is 0.102. The number of aryl methyl sites for hydroxylation is 2. The van der Waals surface area contributed by atoms with Crippen LogP contribution in [0, 0.1) is 6.92 Å². The van der Waals surface area contributed by atoms with Gasteiger partial charge in [0.1, 0.15) is 0 Å². The topological polar surface area (TPSA) is 46.9 Å². The molecule has 20 heavy (non-hydrogen) atoms. The number of anilines is 1. The molecular formula is C16H15N3O. The first-order chi connectivity index (χ1) is 9.65. The van der Waals surface area contributed by atoms with E-state index in [9.17, 15) is 4.79 Å². The third-order valence-electron chi connectivity index (χ3n) is 3.30. The van der Waals surface area contributed by atoms with Crippen LogP contribution in [-0.4, -0.2) is 15.5 Å². The summed E-state index contributed by atoms with van der Waals surface area (Å²) < 4.78 is 1.96. The largest absolute Gasteiger partial charge is 0.350 e. The molecular weight excluding hydrogens is 250 g/mol. The van der Waals surface area contributed by atoms with E-state index >= 15 is 0 Å². The summed E-state index contributed by atoms with van der Waals surface area (Å²) in [5.41, 5.74) is 3.36. The minimum atomic E-state index is -0.104. The van der Waals surface area contributed by atoms with Crippen molar-refractivity contribution in [2.24, 2.45) is 7.05 Å². The molecule has 0 aliphatic rings. The molecule has 1 amide bonds. The van der Waals surface area contributed by atoms with Gasteiger partial charge in [0.25, 0.3) is 5.91 Å². The number of hydrogen-bond acceptors (Lipinski definition) is 2. The van der Waals surface area contributed by atoms with Crippen LogP contribution in [0.15, 0.2) is 48.8 Å². The van der Waals surface area contributed by atoms with Gasteiger partial charge in [0.05, 0.1) is 5.56 Å². The Bertz CT molecular complexity index is 789. The molecule has 0 aliphatic carbocycles. The van der Waals surface area contributed by atoms with Gasteiger partial charge in [-0.15, -0.1) is 0 Å². The van der Waals surface area contributed by atoms with E-state index in [0.29, 0.717) is 5.56 Å². The predicted molar refractivity (Wildman–Crippen MR) is 79.8 cm³/mol. The molecule has 1 aromatic carbocycles. The monoisotopic (exact) mass is 265 g/mol. The molecule has 4 nitrogen and oxygen atoms in total. The van der Waals surface area contributed by atoms with Gasteiger partial charge in [-0.05, 0) is 25.1 Å². The Balaban J connectivity index is 1.97. The van der Waals surface area contributed by atoms with Gasteiger partial charge in [-0.3, -0.25) is 9.78 Å². The molecule has 0 fully saturated rings. The van der Waals surface area contributed by atoms with Crippen molar-refractivity contribution in [3.05, 3.63) is 60.0 Å². The van der Waals surface area contributed by atoms with Gasteiger partial charge in [-0.2, -0.15) is 0 Å². The molecule has 0 aliphatic heterocycles. The van der Waals surface area contributed by atoms with Crippen molar-refractivity contribution in [2.45, 2.75) is 6.92 Å². The van der Waals surface area contributed by atoms with Crippen molar-refractivity contribution in [1.29, 1.82) is 0 Å². The van der Waals surface area contributed by atoms with Crippen LogP contribution in [0.3, 0.4) is 0 Å². The fourth-order valence-corrected chi connectivity index (χ4v) is 2.34. The van der Waals surface area contributed by atoms with Crippen molar-refractivity contribution in [3.63, 3.8) is 0 Å². The summed E-state index contributed by atoms with van der Waals surface area (Å²) in [5.74, 6) is -0.104. The van der Waals surface area contributed by atoms with E-state index in [1.165, 1.54) is 0 Å². The van der Waals surface area contributed by atoms with Gasteiger partial charge in [-0.25, -0.2) is 0 Å². The van der Waals surface area contributed by atoms with E-state index in [1.54, 1.807) is 12.3 Å². The van der Waals surface area contributed by atoms with Crippen LogP contribution in [0.5, 0.6) is 0 Å². The summed E-state index contributed by atoms with van der Waals surface area (Å²) in [6, 6.07) is 11.5. The molecule has 4 heteroatoms. The summed E-state index contributed by atoms with van der Waals surface area (Å²) in [4.78, 5) is 16.5. The molecule has 0 unspecified atom stereocenters. The molecule has 0 saturated heterocycles. The number of fused-ring (bicyclic) bond motifs is 1. The quantitative estimate of drug-likeness (QED) is 0.773. The van der Waals surface area contributed by atoms with E-state index in [0.717, 1.165) is 22.3 Å². The number of nitrogens with zero attached hydrogens (tertiary/aromatic N) is 2. The van der Waals surface area contributed by atoms with Crippen LogP contribution >= 0.6 is 0 Å². The van der Waals surface area contributed by atoms with Crippen molar-refractivity contribution in [1.82, 2.24) is 9.55 Å². The normalized spacial score (nSPS) is 10.7. The summed E-state index contributed by atoms with van der Waals surface area (Å²) in [5, 5.41) is 3.87. The Kier molecular flexibility index (Phi) is 2.99. The second-order valence-corrected chi connectivity index (χ2v) is 4.81. The average molecular weight is 265 g/mol. The summed E-state index contributed by atoms with van der Waals surface area (Å²) in [6.45, 7) is 1.90. The Morgan fingerprint density at radius 1 is 1.25 bits per heavy atom. The number of amides is 1. The number of carbonyl (C=O) groups excluding carboxylic acids is 1. The number of pyridine rings is 1. The van der Waals surface area contributed by atoms with Gasteiger partial charge >= 0.3 is 0 Å². The molecule has 0 radical (unpaired) electrons. The van der Waals surface area contributed by atoms with E-state index in [2.05, 4.69) is 10.3 Å². The molecule has 1 N–H and O–H groups in total. The van der Waals surface area contributed by atoms with Gasteiger partial charge in [-0.1, -0.05) is 18.2 Å². The van der Waals surface area contributed by atoms with Gasteiger partial charge in [0, 0.05) is 41.7 Å².